The second-order valence-corrected chi connectivity index (χ2v) is 5.19. The van der Waals surface area contributed by atoms with Crippen molar-refractivity contribution in [2.75, 3.05) is 6.54 Å². The molecule has 0 bridgehead atoms. The Bertz CT molecular complexity index is 365. The lowest BCUT2D eigenvalue weighted by atomic mass is 9.85. The quantitative estimate of drug-likeness (QED) is 0.886. The van der Waals surface area contributed by atoms with Gasteiger partial charge in [-0.1, -0.05) is 13.8 Å². The molecule has 0 radical (unpaired) electrons. The lowest BCUT2D eigenvalue weighted by Gasteiger charge is -2.35. The molecule has 3 atom stereocenters. The molecule has 1 N–H and O–H groups in total. The molecule has 1 aromatic rings. The van der Waals surface area contributed by atoms with E-state index in [2.05, 4.69) is 19.2 Å². The summed E-state index contributed by atoms with van der Waals surface area (Å²) < 4.78 is 18.9. The van der Waals surface area contributed by atoms with E-state index in [4.69, 9.17) is 4.74 Å². The van der Waals surface area contributed by atoms with E-state index in [1.165, 1.54) is 18.6 Å². The van der Waals surface area contributed by atoms with Crippen LogP contribution in [0.15, 0.2) is 24.3 Å². The number of halogens is 1. The van der Waals surface area contributed by atoms with Crippen LogP contribution in [0, 0.1) is 11.7 Å². The van der Waals surface area contributed by atoms with Gasteiger partial charge in [-0.25, -0.2) is 4.39 Å². The van der Waals surface area contributed by atoms with Crippen molar-refractivity contribution < 1.29 is 9.13 Å². The Morgan fingerprint density at radius 1 is 1.28 bits per heavy atom. The second kappa shape index (κ2) is 6.19. The van der Waals surface area contributed by atoms with E-state index in [0.717, 1.165) is 25.1 Å². The highest BCUT2D eigenvalue weighted by Gasteiger charge is 2.29. The van der Waals surface area contributed by atoms with Crippen molar-refractivity contribution in [1.29, 1.82) is 0 Å². The van der Waals surface area contributed by atoms with Crippen molar-refractivity contribution in [1.82, 2.24) is 5.32 Å². The van der Waals surface area contributed by atoms with Crippen LogP contribution in [0.2, 0.25) is 0 Å². The smallest absolute Gasteiger partial charge is 0.123 e. The standard InChI is InChI=1S/C15H22FNO/c1-3-17-14-9-4-11(2)10-15(14)18-13-7-5-12(16)6-8-13/h5-8,11,14-15,17H,3-4,9-10H2,1-2H3. The summed E-state index contributed by atoms with van der Waals surface area (Å²) in [5, 5.41) is 3.49. The first-order valence-electron chi connectivity index (χ1n) is 6.84. The Labute approximate surface area is 109 Å². The third kappa shape index (κ3) is 3.45. The number of rotatable bonds is 4. The van der Waals surface area contributed by atoms with E-state index in [1.54, 1.807) is 12.1 Å². The summed E-state index contributed by atoms with van der Waals surface area (Å²) in [7, 11) is 0. The van der Waals surface area contributed by atoms with Gasteiger partial charge in [0.2, 0.25) is 0 Å². The predicted molar refractivity (Wildman–Crippen MR) is 71.3 cm³/mol. The van der Waals surface area contributed by atoms with Gasteiger partial charge in [0.1, 0.15) is 17.7 Å². The molecule has 1 fully saturated rings. The number of hydrogen-bond donors (Lipinski definition) is 1. The molecule has 0 aromatic heterocycles. The Balaban J connectivity index is 2.01. The SMILES string of the molecule is CCNC1CCC(C)CC1Oc1ccc(F)cc1. The minimum atomic E-state index is -0.220. The van der Waals surface area contributed by atoms with Crippen LogP contribution in [-0.2, 0) is 0 Å². The van der Waals surface area contributed by atoms with Crippen LogP contribution in [0.5, 0.6) is 5.75 Å². The van der Waals surface area contributed by atoms with Crippen molar-refractivity contribution in [2.45, 2.75) is 45.3 Å². The molecule has 1 aromatic carbocycles. The molecule has 2 rings (SSSR count). The van der Waals surface area contributed by atoms with Crippen molar-refractivity contribution in [2.24, 2.45) is 5.92 Å². The largest absolute Gasteiger partial charge is 0.489 e. The first kappa shape index (κ1) is 13.3. The highest BCUT2D eigenvalue weighted by Crippen LogP contribution is 2.28. The Kier molecular flexibility index (Phi) is 4.59. The zero-order chi connectivity index (χ0) is 13.0. The first-order valence-corrected chi connectivity index (χ1v) is 6.84. The van der Waals surface area contributed by atoms with Gasteiger partial charge in [0.05, 0.1) is 0 Å². The van der Waals surface area contributed by atoms with Gasteiger partial charge < -0.3 is 10.1 Å². The average Bonchev–Trinajstić information content (AvgIpc) is 2.36. The van der Waals surface area contributed by atoms with E-state index in [9.17, 15) is 4.39 Å². The van der Waals surface area contributed by atoms with Gasteiger partial charge in [0.15, 0.2) is 0 Å². The molecule has 0 aliphatic heterocycles. The molecular formula is C15H22FNO. The molecule has 1 aliphatic rings. The molecule has 2 nitrogen and oxygen atoms in total. The fourth-order valence-corrected chi connectivity index (χ4v) is 2.64. The summed E-state index contributed by atoms with van der Waals surface area (Å²) in [6.07, 6.45) is 3.66. The van der Waals surface area contributed by atoms with E-state index >= 15 is 0 Å². The minimum absolute atomic E-state index is 0.194. The van der Waals surface area contributed by atoms with Gasteiger partial charge in [0.25, 0.3) is 0 Å². The van der Waals surface area contributed by atoms with Gasteiger partial charge in [0, 0.05) is 6.04 Å². The molecule has 0 heterocycles. The molecule has 18 heavy (non-hydrogen) atoms. The number of benzene rings is 1. The molecule has 1 saturated carbocycles. The lowest BCUT2D eigenvalue weighted by Crippen LogP contribution is -2.46. The van der Waals surface area contributed by atoms with Gasteiger partial charge in [-0.15, -0.1) is 0 Å². The van der Waals surface area contributed by atoms with Crippen molar-refractivity contribution in [3.05, 3.63) is 30.1 Å². The van der Waals surface area contributed by atoms with Crippen LogP contribution in [-0.4, -0.2) is 18.7 Å². The van der Waals surface area contributed by atoms with E-state index in [0.29, 0.717) is 12.0 Å². The van der Waals surface area contributed by atoms with Crippen LogP contribution in [0.3, 0.4) is 0 Å². The number of hydrogen-bond acceptors (Lipinski definition) is 2. The van der Waals surface area contributed by atoms with Gasteiger partial charge in [-0.2, -0.15) is 0 Å². The summed E-state index contributed by atoms with van der Waals surface area (Å²) in [5.74, 6) is 1.24. The monoisotopic (exact) mass is 251 g/mol. The number of nitrogens with one attached hydrogen (secondary N) is 1. The summed E-state index contributed by atoms with van der Waals surface area (Å²) in [4.78, 5) is 0. The molecule has 100 valence electrons. The third-order valence-corrected chi connectivity index (χ3v) is 3.62. The van der Waals surface area contributed by atoms with E-state index in [1.807, 2.05) is 0 Å². The molecular weight excluding hydrogens is 229 g/mol. The van der Waals surface area contributed by atoms with Crippen LogP contribution < -0.4 is 10.1 Å². The normalized spacial score (nSPS) is 28.1. The first-order chi connectivity index (χ1) is 8.69. The van der Waals surface area contributed by atoms with Crippen LogP contribution in [0.1, 0.15) is 33.1 Å². The van der Waals surface area contributed by atoms with Crippen molar-refractivity contribution in [3.63, 3.8) is 0 Å². The van der Waals surface area contributed by atoms with Crippen LogP contribution in [0.4, 0.5) is 4.39 Å². The highest BCUT2D eigenvalue weighted by atomic mass is 19.1. The maximum absolute atomic E-state index is 12.9. The zero-order valence-corrected chi connectivity index (χ0v) is 11.2. The predicted octanol–water partition coefficient (Wildman–Crippen LogP) is 3.37. The lowest BCUT2D eigenvalue weighted by molar-refractivity contribution is 0.0915. The fourth-order valence-electron chi connectivity index (χ4n) is 2.64. The Hall–Kier alpha value is -1.09. The van der Waals surface area contributed by atoms with Crippen LogP contribution >= 0.6 is 0 Å². The van der Waals surface area contributed by atoms with E-state index < -0.39 is 0 Å². The van der Waals surface area contributed by atoms with Gasteiger partial charge >= 0.3 is 0 Å². The zero-order valence-electron chi connectivity index (χ0n) is 11.2. The maximum atomic E-state index is 12.9. The topological polar surface area (TPSA) is 21.3 Å². The maximum Gasteiger partial charge on any atom is 0.123 e. The molecule has 0 saturated heterocycles. The average molecular weight is 251 g/mol. The third-order valence-electron chi connectivity index (χ3n) is 3.62. The molecule has 3 unspecified atom stereocenters. The second-order valence-electron chi connectivity index (χ2n) is 5.19. The van der Waals surface area contributed by atoms with Crippen molar-refractivity contribution in [3.8, 4) is 5.75 Å². The van der Waals surface area contributed by atoms with Crippen molar-refractivity contribution >= 4 is 0 Å². The summed E-state index contributed by atoms with van der Waals surface area (Å²) in [6.45, 7) is 5.35. The Morgan fingerprint density at radius 3 is 2.67 bits per heavy atom. The summed E-state index contributed by atoms with van der Waals surface area (Å²) in [6, 6.07) is 6.72. The van der Waals surface area contributed by atoms with Crippen LogP contribution in [0.25, 0.3) is 0 Å². The summed E-state index contributed by atoms with van der Waals surface area (Å²) in [5.41, 5.74) is 0. The minimum Gasteiger partial charge on any atom is -0.489 e. The van der Waals surface area contributed by atoms with E-state index in [-0.39, 0.29) is 11.9 Å². The fraction of sp³-hybridized carbons (Fsp3) is 0.600. The van der Waals surface area contributed by atoms with Gasteiger partial charge in [-0.3, -0.25) is 0 Å². The number of ether oxygens (including phenoxy) is 1. The Morgan fingerprint density at radius 2 is 2.00 bits per heavy atom. The summed E-state index contributed by atoms with van der Waals surface area (Å²) >= 11 is 0. The molecule has 0 spiro atoms. The number of likely N-dealkylation sites (N-methyl/N-ethyl adjacent to an activating group) is 1. The molecule has 1 aliphatic carbocycles. The molecule has 0 amide bonds. The van der Waals surface area contributed by atoms with Gasteiger partial charge in [-0.05, 0) is 56.0 Å². The highest BCUT2D eigenvalue weighted by molar-refractivity contribution is 5.22. The molecule has 3 heteroatoms.